The van der Waals surface area contributed by atoms with Crippen molar-refractivity contribution in [3.05, 3.63) is 71.3 Å². The van der Waals surface area contributed by atoms with Gasteiger partial charge < -0.3 is 14.9 Å². The molecule has 1 saturated heterocycles. The van der Waals surface area contributed by atoms with E-state index in [-0.39, 0.29) is 16.9 Å². The van der Waals surface area contributed by atoms with Crippen molar-refractivity contribution in [2.24, 2.45) is 0 Å². The zero-order valence-corrected chi connectivity index (χ0v) is 17.2. The number of ketones is 1. The van der Waals surface area contributed by atoms with Crippen LogP contribution in [0.3, 0.4) is 0 Å². The van der Waals surface area contributed by atoms with Gasteiger partial charge in [-0.3, -0.25) is 14.6 Å². The highest BCUT2D eigenvalue weighted by Crippen LogP contribution is 2.38. The number of aliphatic hydroxyl groups excluding tert-OH is 1. The first-order chi connectivity index (χ1) is 14.5. The molecule has 0 aliphatic carbocycles. The zero-order valence-electron chi connectivity index (χ0n) is 17.2. The molecule has 0 unspecified atom stereocenters. The van der Waals surface area contributed by atoms with E-state index >= 15 is 0 Å². The molecule has 1 aromatic heterocycles. The molecule has 0 spiro atoms. The van der Waals surface area contributed by atoms with Crippen LogP contribution in [0.5, 0.6) is 0 Å². The van der Waals surface area contributed by atoms with Gasteiger partial charge in [-0.15, -0.1) is 0 Å². The number of amides is 1. The first-order valence-electron chi connectivity index (χ1n) is 10.2. The van der Waals surface area contributed by atoms with Crippen molar-refractivity contribution in [2.45, 2.75) is 26.3 Å². The number of likely N-dealkylation sites (tertiary alicyclic amines) is 1. The molecule has 1 aliphatic rings. The number of hydrogen-bond donors (Lipinski definition) is 1. The van der Waals surface area contributed by atoms with E-state index in [1.54, 1.807) is 24.4 Å². The van der Waals surface area contributed by atoms with Crippen LogP contribution in [-0.4, -0.2) is 57.8 Å². The number of rotatable bonds is 8. The number of benzene rings is 1. The van der Waals surface area contributed by atoms with Gasteiger partial charge in [0.05, 0.1) is 11.3 Å². The number of halogens is 1. The molecule has 158 valence electrons. The Bertz CT molecular complexity index is 924. The highest BCUT2D eigenvalue weighted by atomic mass is 19.1. The fourth-order valence-corrected chi connectivity index (χ4v) is 3.72. The zero-order chi connectivity index (χ0) is 21.7. The minimum absolute atomic E-state index is 0.0202. The Morgan fingerprint density at radius 1 is 1.13 bits per heavy atom. The summed E-state index contributed by atoms with van der Waals surface area (Å²) in [6.07, 6.45) is 2.28. The van der Waals surface area contributed by atoms with Gasteiger partial charge in [0.1, 0.15) is 17.6 Å². The molecule has 0 bridgehead atoms. The third-order valence-electron chi connectivity index (χ3n) is 5.39. The highest BCUT2D eigenvalue weighted by molar-refractivity contribution is 6.46. The molecule has 1 atom stereocenters. The van der Waals surface area contributed by atoms with Gasteiger partial charge >= 0.3 is 0 Å². The average Bonchev–Trinajstić information content (AvgIpc) is 3.02. The molecule has 6 nitrogen and oxygen atoms in total. The van der Waals surface area contributed by atoms with Crippen LogP contribution in [-0.2, 0) is 9.59 Å². The summed E-state index contributed by atoms with van der Waals surface area (Å²) in [7, 11) is 0. The Kier molecular flexibility index (Phi) is 6.95. The van der Waals surface area contributed by atoms with Crippen LogP contribution in [0.25, 0.3) is 5.76 Å². The Morgan fingerprint density at radius 3 is 2.43 bits per heavy atom. The van der Waals surface area contributed by atoms with Gasteiger partial charge in [0.15, 0.2) is 0 Å². The topological polar surface area (TPSA) is 73.7 Å². The molecule has 3 rings (SSSR count). The Hall–Kier alpha value is -3.06. The Morgan fingerprint density at radius 2 is 1.83 bits per heavy atom. The molecular formula is C23H26FN3O3. The van der Waals surface area contributed by atoms with Crippen molar-refractivity contribution in [1.82, 2.24) is 14.8 Å². The number of aliphatic hydroxyl groups is 1. The summed E-state index contributed by atoms with van der Waals surface area (Å²) in [6, 6.07) is 9.63. The molecule has 0 radical (unpaired) electrons. The smallest absolute Gasteiger partial charge is 0.295 e. The number of nitrogens with zero attached hydrogens (tertiary/aromatic N) is 3. The van der Waals surface area contributed by atoms with Gasteiger partial charge in [-0.2, -0.15) is 0 Å². The summed E-state index contributed by atoms with van der Waals surface area (Å²) in [6.45, 7) is 7.12. The maximum Gasteiger partial charge on any atom is 0.295 e. The first kappa shape index (κ1) is 21.6. The molecule has 2 heterocycles. The van der Waals surface area contributed by atoms with Crippen LogP contribution in [0, 0.1) is 5.82 Å². The van der Waals surface area contributed by atoms with E-state index in [1.807, 2.05) is 0 Å². The largest absolute Gasteiger partial charge is 0.507 e. The minimum atomic E-state index is -0.784. The Labute approximate surface area is 175 Å². The van der Waals surface area contributed by atoms with E-state index in [0.29, 0.717) is 18.7 Å². The maximum atomic E-state index is 13.3. The summed E-state index contributed by atoms with van der Waals surface area (Å²) in [4.78, 5) is 33.8. The number of Topliss-reactive ketones (excluding diaryl/α,β-unsaturated/α-hetero) is 1. The van der Waals surface area contributed by atoms with E-state index in [2.05, 4.69) is 23.7 Å². The second kappa shape index (κ2) is 9.63. The summed E-state index contributed by atoms with van der Waals surface area (Å²) in [5.41, 5.74) is 0.759. The second-order valence-corrected chi connectivity index (χ2v) is 7.13. The quantitative estimate of drug-likeness (QED) is 0.410. The van der Waals surface area contributed by atoms with E-state index < -0.39 is 23.5 Å². The van der Waals surface area contributed by atoms with Gasteiger partial charge in [-0.1, -0.05) is 19.9 Å². The lowest BCUT2D eigenvalue weighted by molar-refractivity contribution is -0.140. The molecule has 30 heavy (non-hydrogen) atoms. The summed E-state index contributed by atoms with van der Waals surface area (Å²) >= 11 is 0. The van der Waals surface area contributed by atoms with Crippen molar-refractivity contribution >= 4 is 17.4 Å². The predicted octanol–water partition coefficient (Wildman–Crippen LogP) is 3.37. The van der Waals surface area contributed by atoms with Crippen molar-refractivity contribution in [1.29, 1.82) is 0 Å². The lowest BCUT2D eigenvalue weighted by Crippen LogP contribution is -2.33. The molecule has 1 aromatic carbocycles. The first-order valence-corrected chi connectivity index (χ1v) is 10.2. The molecule has 2 aromatic rings. The van der Waals surface area contributed by atoms with Crippen LogP contribution in [0.1, 0.15) is 37.6 Å². The minimum Gasteiger partial charge on any atom is -0.507 e. The number of carbonyl (C=O) groups is 2. The van der Waals surface area contributed by atoms with Gasteiger partial charge in [0.2, 0.25) is 0 Å². The van der Waals surface area contributed by atoms with Crippen LogP contribution < -0.4 is 0 Å². The van der Waals surface area contributed by atoms with Crippen LogP contribution in [0.2, 0.25) is 0 Å². The SMILES string of the molecule is CCN(CC)CCCN1C(=O)C(=O)C(=C(O)c2ccc(F)cc2)[C@@H]1c1ccccn1. The predicted molar refractivity (Wildman–Crippen MR) is 112 cm³/mol. The molecule has 0 saturated carbocycles. The fraction of sp³-hybridized carbons (Fsp3) is 0.348. The van der Waals surface area contributed by atoms with Gasteiger partial charge in [0.25, 0.3) is 11.7 Å². The molecule has 1 aliphatic heterocycles. The van der Waals surface area contributed by atoms with E-state index in [4.69, 9.17) is 0 Å². The van der Waals surface area contributed by atoms with Crippen molar-refractivity contribution in [3.63, 3.8) is 0 Å². The second-order valence-electron chi connectivity index (χ2n) is 7.13. The molecule has 1 N–H and O–H groups in total. The maximum absolute atomic E-state index is 13.3. The number of aromatic nitrogens is 1. The van der Waals surface area contributed by atoms with E-state index in [1.165, 1.54) is 29.2 Å². The third kappa shape index (κ3) is 4.41. The van der Waals surface area contributed by atoms with Crippen molar-refractivity contribution in [3.8, 4) is 0 Å². The van der Waals surface area contributed by atoms with E-state index in [9.17, 15) is 19.1 Å². The van der Waals surface area contributed by atoms with Gasteiger partial charge in [0, 0.05) is 18.3 Å². The van der Waals surface area contributed by atoms with Gasteiger partial charge in [-0.05, 0) is 62.5 Å². The molecular weight excluding hydrogens is 385 g/mol. The van der Waals surface area contributed by atoms with E-state index in [0.717, 1.165) is 19.6 Å². The molecule has 1 amide bonds. The van der Waals surface area contributed by atoms with Crippen LogP contribution in [0.15, 0.2) is 54.2 Å². The lowest BCUT2D eigenvalue weighted by atomic mass is 9.98. The van der Waals surface area contributed by atoms with Crippen LogP contribution >= 0.6 is 0 Å². The standard InChI is InChI=1S/C23H26FN3O3/c1-3-26(4-2)14-7-15-27-20(18-8-5-6-13-25-18)19(22(29)23(27)30)21(28)16-9-11-17(24)12-10-16/h5-6,8-13,20,28H,3-4,7,14-15H2,1-2H3/t20-/m0/s1. The monoisotopic (exact) mass is 411 g/mol. The van der Waals surface area contributed by atoms with Gasteiger partial charge in [-0.25, -0.2) is 4.39 Å². The van der Waals surface area contributed by atoms with Crippen molar-refractivity contribution < 1.29 is 19.1 Å². The van der Waals surface area contributed by atoms with Crippen molar-refractivity contribution in [2.75, 3.05) is 26.2 Å². The average molecular weight is 411 g/mol. The summed E-state index contributed by atoms with van der Waals surface area (Å²) < 4.78 is 13.3. The fourth-order valence-electron chi connectivity index (χ4n) is 3.72. The number of pyridine rings is 1. The molecule has 1 fully saturated rings. The Balaban J connectivity index is 1.99. The lowest BCUT2D eigenvalue weighted by Gasteiger charge is -2.26. The molecule has 7 heteroatoms. The normalized spacial score (nSPS) is 18.4. The number of carbonyl (C=O) groups excluding carboxylic acids is 2. The number of hydrogen-bond acceptors (Lipinski definition) is 5. The summed E-state index contributed by atoms with van der Waals surface area (Å²) in [5.74, 6) is -2.19. The van der Waals surface area contributed by atoms with Crippen LogP contribution in [0.4, 0.5) is 4.39 Å². The highest BCUT2D eigenvalue weighted by Gasteiger charge is 2.46. The summed E-state index contributed by atoms with van der Waals surface area (Å²) in [5, 5.41) is 10.9. The third-order valence-corrected chi connectivity index (χ3v) is 5.39.